The van der Waals surface area contributed by atoms with Crippen LogP contribution in [0, 0.1) is 5.92 Å². The van der Waals surface area contributed by atoms with E-state index in [-0.39, 0.29) is 5.91 Å². The Balaban J connectivity index is 2.15. The van der Waals surface area contributed by atoms with Crippen LogP contribution in [0.1, 0.15) is 29.4 Å². The molecule has 0 bridgehead atoms. The molecule has 2 heterocycles. The number of nitrogens with two attached hydrogens (primary N) is 1. The maximum atomic E-state index is 12.3. The molecule has 17 heavy (non-hydrogen) atoms. The number of nitrogens with zero attached hydrogens (tertiary/aromatic N) is 2. The van der Waals surface area contributed by atoms with Gasteiger partial charge in [0, 0.05) is 20.1 Å². The van der Waals surface area contributed by atoms with Crippen LogP contribution < -0.4 is 11.1 Å². The molecule has 1 aliphatic heterocycles. The molecule has 1 aromatic rings. The Hall–Kier alpha value is -1.30. The fourth-order valence-electron chi connectivity index (χ4n) is 2.11. The van der Waals surface area contributed by atoms with Crippen LogP contribution in [0.25, 0.3) is 0 Å². The molecule has 0 spiro atoms. The van der Waals surface area contributed by atoms with Crippen molar-refractivity contribution in [3.63, 3.8) is 0 Å². The highest BCUT2D eigenvalue weighted by Crippen LogP contribution is 2.27. The van der Waals surface area contributed by atoms with Gasteiger partial charge in [-0.15, -0.1) is 0 Å². The van der Waals surface area contributed by atoms with Gasteiger partial charge in [0.2, 0.25) is 0 Å². The van der Waals surface area contributed by atoms with Crippen LogP contribution >= 0.6 is 11.3 Å². The number of aromatic nitrogens is 1. The van der Waals surface area contributed by atoms with Crippen molar-refractivity contribution < 1.29 is 4.79 Å². The summed E-state index contributed by atoms with van der Waals surface area (Å²) in [7, 11) is 1.77. The third-order valence-corrected chi connectivity index (χ3v) is 4.08. The molecule has 0 radical (unpaired) electrons. The predicted octanol–water partition coefficient (Wildman–Crippen LogP) is 1.64. The highest BCUT2D eigenvalue weighted by atomic mass is 32.1. The molecular weight excluding hydrogens is 236 g/mol. The zero-order valence-electron chi connectivity index (χ0n) is 10.2. The molecule has 94 valence electrons. The van der Waals surface area contributed by atoms with Crippen molar-refractivity contribution in [1.29, 1.82) is 0 Å². The summed E-state index contributed by atoms with van der Waals surface area (Å²) in [5.74, 6) is 0.932. The summed E-state index contributed by atoms with van der Waals surface area (Å²) in [5.41, 5.74) is 5.77. The standard InChI is InChI=1S/C11H18N4OS/c1-7-4-3-5-15(6-7)10(16)8-9(12)14-11(13-2)17-8/h7H,3-6,12H2,1-2H3,(H,13,14). The molecule has 5 nitrogen and oxygen atoms in total. The van der Waals surface area contributed by atoms with Crippen molar-refractivity contribution in [2.45, 2.75) is 19.8 Å². The van der Waals surface area contributed by atoms with Gasteiger partial charge in [0.05, 0.1) is 0 Å². The number of rotatable bonds is 2. The molecule has 6 heteroatoms. The van der Waals surface area contributed by atoms with Gasteiger partial charge in [0.25, 0.3) is 5.91 Å². The predicted molar refractivity (Wildman–Crippen MR) is 70.4 cm³/mol. The molecule has 3 N–H and O–H groups in total. The minimum Gasteiger partial charge on any atom is -0.382 e. The lowest BCUT2D eigenvalue weighted by Gasteiger charge is -2.30. The Kier molecular flexibility index (Phi) is 3.51. The van der Waals surface area contributed by atoms with E-state index in [2.05, 4.69) is 17.2 Å². The van der Waals surface area contributed by atoms with Crippen molar-refractivity contribution in [2.75, 3.05) is 31.2 Å². The zero-order valence-corrected chi connectivity index (χ0v) is 11.0. The number of carbonyl (C=O) groups excluding carboxylic acids is 1. The Morgan fingerprint density at radius 2 is 2.41 bits per heavy atom. The van der Waals surface area contributed by atoms with Gasteiger partial charge in [-0.1, -0.05) is 18.3 Å². The maximum absolute atomic E-state index is 12.3. The molecule has 0 aromatic carbocycles. The fraction of sp³-hybridized carbons (Fsp3) is 0.636. The van der Waals surface area contributed by atoms with E-state index in [0.717, 1.165) is 19.5 Å². The average Bonchev–Trinajstić information content (AvgIpc) is 2.69. The number of likely N-dealkylation sites (tertiary alicyclic amines) is 1. The maximum Gasteiger partial charge on any atom is 0.267 e. The lowest BCUT2D eigenvalue weighted by molar-refractivity contribution is 0.0689. The number of amides is 1. The number of nitrogen functional groups attached to an aromatic ring is 1. The van der Waals surface area contributed by atoms with Crippen molar-refractivity contribution in [3.05, 3.63) is 4.88 Å². The molecule has 1 aliphatic rings. The number of carbonyl (C=O) groups is 1. The number of piperidine rings is 1. The van der Waals surface area contributed by atoms with E-state index in [9.17, 15) is 4.79 Å². The van der Waals surface area contributed by atoms with Crippen molar-refractivity contribution in [3.8, 4) is 0 Å². The van der Waals surface area contributed by atoms with Crippen LogP contribution in [0.2, 0.25) is 0 Å². The highest BCUT2D eigenvalue weighted by molar-refractivity contribution is 7.18. The molecule has 1 fully saturated rings. The van der Waals surface area contributed by atoms with E-state index in [1.54, 1.807) is 7.05 Å². The Morgan fingerprint density at radius 1 is 1.65 bits per heavy atom. The molecule has 2 rings (SSSR count). The molecule has 1 aromatic heterocycles. The van der Waals surface area contributed by atoms with E-state index in [1.807, 2.05) is 4.90 Å². The summed E-state index contributed by atoms with van der Waals surface area (Å²) in [5, 5.41) is 3.60. The van der Waals surface area contributed by atoms with Crippen LogP contribution in [0.15, 0.2) is 0 Å². The molecule has 0 saturated carbocycles. The van der Waals surface area contributed by atoms with Crippen LogP contribution in [0.5, 0.6) is 0 Å². The smallest absolute Gasteiger partial charge is 0.267 e. The number of anilines is 2. The van der Waals surface area contributed by atoms with E-state index in [4.69, 9.17) is 5.73 Å². The van der Waals surface area contributed by atoms with Gasteiger partial charge in [-0.05, 0) is 18.8 Å². The highest BCUT2D eigenvalue weighted by Gasteiger charge is 2.25. The van der Waals surface area contributed by atoms with Crippen LogP contribution in [0.3, 0.4) is 0 Å². The average molecular weight is 254 g/mol. The molecule has 1 atom stereocenters. The van der Waals surface area contributed by atoms with E-state index >= 15 is 0 Å². The fourth-order valence-corrected chi connectivity index (χ4v) is 2.92. The Morgan fingerprint density at radius 3 is 3.00 bits per heavy atom. The van der Waals surface area contributed by atoms with Gasteiger partial charge >= 0.3 is 0 Å². The van der Waals surface area contributed by atoms with Crippen molar-refractivity contribution in [1.82, 2.24) is 9.88 Å². The van der Waals surface area contributed by atoms with Crippen LogP contribution in [0.4, 0.5) is 10.9 Å². The van der Waals surface area contributed by atoms with E-state index < -0.39 is 0 Å². The number of hydrogen-bond acceptors (Lipinski definition) is 5. The topological polar surface area (TPSA) is 71.2 Å². The van der Waals surface area contributed by atoms with Gasteiger partial charge in [-0.25, -0.2) is 4.98 Å². The summed E-state index contributed by atoms with van der Waals surface area (Å²) in [6, 6.07) is 0. The first-order chi connectivity index (χ1) is 8.11. The third kappa shape index (κ3) is 2.52. The number of hydrogen-bond donors (Lipinski definition) is 2. The summed E-state index contributed by atoms with van der Waals surface area (Å²) in [4.78, 5) is 18.8. The molecular formula is C11H18N4OS. The minimum absolute atomic E-state index is 0.0213. The molecule has 1 amide bonds. The van der Waals surface area contributed by atoms with E-state index in [1.165, 1.54) is 17.8 Å². The number of thiazole rings is 1. The summed E-state index contributed by atoms with van der Waals surface area (Å²) in [6.07, 6.45) is 2.27. The lowest BCUT2D eigenvalue weighted by Crippen LogP contribution is -2.39. The summed E-state index contributed by atoms with van der Waals surface area (Å²) >= 11 is 1.32. The second kappa shape index (κ2) is 4.91. The Labute approximate surface area is 105 Å². The van der Waals surface area contributed by atoms with Gasteiger partial charge in [0.1, 0.15) is 10.7 Å². The van der Waals surface area contributed by atoms with Crippen LogP contribution in [-0.2, 0) is 0 Å². The second-order valence-corrected chi connectivity index (χ2v) is 5.48. The normalized spacial score (nSPS) is 20.4. The quantitative estimate of drug-likeness (QED) is 0.841. The van der Waals surface area contributed by atoms with Gasteiger partial charge < -0.3 is 16.0 Å². The first-order valence-electron chi connectivity index (χ1n) is 5.85. The SMILES string of the molecule is CNc1nc(N)c(C(=O)N2CCCC(C)C2)s1. The monoisotopic (exact) mass is 254 g/mol. The lowest BCUT2D eigenvalue weighted by atomic mass is 10.0. The minimum atomic E-state index is 0.0213. The van der Waals surface area contributed by atoms with Gasteiger partial charge in [-0.2, -0.15) is 0 Å². The third-order valence-electron chi connectivity index (χ3n) is 3.01. The zero-order chi connectivity index (χ0) is 12.4. The van der Waals surface area contributed by atoms with Crippen molar-refractivity contribution >= 4 is 28.2 Å². The molecule has 1 unspecified atom stereocenters. The Bertz CT molecular complexity index is 418. The van der Waals surface area contributed by atoms with Gasteiger partial charge in [0.15, 0.2) is 5.13 Å². The first kappa shape index (κ1) is 12.2. The number of nitrogens with one attached hydrogen (secondary N) is 1. The largest absolute Gasteiger partial charge is 0.382 e. The van der Waals surface area contributed by atoms with E-state index in [0.29, 0.717) is 21.7 Å². The summed E-state index contributed by atoms with van der Waals surface area (Å²) in [6.45, 7) is 3.83. The molecule has 0 aliphatic carbocycles. The summed E-state index contributed by atoms with van der Waals surface area (Å²) < 4.78 is 0. The van der Waals surface area contributed by atoms with Gasteiger partial charge in [-0.3, -0.25) is 4.79 Å². The first-order valence-corrected chi connectivity index (χ1v) is 6.66. The van der Waals surface area contributed by atoms with Crippen molar-refractivity contribution in [2.24, 2.45) is 5.92 Å². The van der Waals surface area contributed by atoms with Crippen LogP contribution in [-0.4, -0.2) is 35.9 Å². The second-order valence-electron chi connectivity index (χ2n) is 4.48. The molecule has 1 saturated heterocycles.